The molecule has 164 valence electrons. The molecule has 31 heavy (non-hydrogen) atoms. The zero-order valence-electron chi connectivity index (χ0n) is 16.5. The van der Waals surface area contributed by atoms with Gasteiger partial charge in [0.25, 0.3) is 0 Å². The van der Waals surface area contributed by atoms with Gasteiger partial charge in [-0.2, -0.15) is 13.2 Å². The SMILES string of the molecule is Cc1c(Cn2cc(Cl)c(=O)c3ncc(N4CCOCC4)c(Cl)c32)cccc1C(F)(F)F. The molecule has 0 N–H and O–H groups in total. The Balaban J connectivity index is 1.88. The van der Waals surface area contributed by atoms with Gasteiger partial charge in [-0.3, -0.25) is 4.79 Å². The molecule has 0 spiro atoms. The third kappa shape index (κ3) is 4.12. The fourth-order valence-electron chi connectivity index (χ4n) is 3.76. The monoisotopic (exact) mass is 471 g/mol. The van der Waals surface area contributed by atoms with Crippen LogP contribution in [0, 0.1) is 6.92 Å². The zero-order chi connectivity index (χ0) is 22.3. The number of halogens is 5. The number of hydrogen-bond acceptors (Lipinski definition) is 4. The van der Waals surface area contributed by atoms with Crippen molar-refractivity contribution in [3.05, 3.63) is 67.6 Å². The molecule has 10 heteroatoms. The Hall–Kier alpha value is -2.29. The van der Waals surface area contributed by atoms with E-state index in [9.17, 15) is 18.0 Å². The first-order valence-electron chi connectivity index (χ1n) is 9.54. The fraction of sp³-hybridized carbons (Fsp3) is 0.333. The number of morpholine rings is 1. The highest BCUT2D eigenvalue weighted by Gasteiger charge is 2.33. The molecular formula is C21H18Cl2F3N3O2. The summed E-state index contributed by atoms with van der Waals surface area (Å²) in [6.45, 7) is 3.75. The molecule has 3 heterocycles. The minimum atomic E-state index is -4.47. The number of fused-ring (bicyclic) bond motifs is 1. The first-order valence-corrected chi connectivity index (χ1v) is 10.3. The van der Waals surface area contributed by atoms with Crippen LogP contribution in [0.2, 0.25) is 10.0 Å². The number of hydrogen-bond donors (Lipinski definition) is 0. The Morgan fingerprint density at radius 3 is 2.58 bits per heavy atom. The van der Waals surface area contributed by atoms with E-state index in [2.05, 4.69) is 4.98 Å². The number of aromatic nitrogens is 2. The molecule has 4 rings (SSSR count). The maximum atomic E-state index is 13.3. The van der Waals surface area contributed by atoms with E-state index < -0.39 is 17.2 Å². The summed E-state index contributed by atoms with van der Waals surface area (Å²) in [6, 6.07) is 4.01. The Bertz CT molecular complexity index is 1210. The Morgan fingerprint density at radius 1 is 1.19 bits per heavy atom. The Morgan fingerprint density at radius 2 is 1.90 bits per heavy atom. The summed E-state index contributed by atoms with van der Waals surface area (Å²) < 4.78 is 47.0. The maximum Gasteiger partial charge on any atom is 0.416 e. The first kappa shape index (κ1) is 21.9. The quantitative estimate of drug-likeness (QED) is 0.544. The minimum absolute atomic E-state index is 0.0419. The highest BCUT2D eigenvalue weighted by atomic mass is 35.5. The minimum Gasteiger partial charge on any atom is -0.378 e. The molecule has 0 atom stereocenters. The van der Waals surface area contributed by atoms with Gasteiger partial charge < -0.3 is 14.2 Å². The molecular weight excluding hydrogens is 454 g/mol. The number of pyridine rings is 2. The zero-order valence-corrected chi connectivity index (χ0v) is 18.0. The van der Waals surface area contributed by atoms with E-state index in [0.29, 0.717) is 48.1 Å². The topological polar surface area (TPSA) is 47.4 Å². The van der Waals surface area contributed by atoms with Crippen LogP contribution in [-0.4, -0.2) is 35.9 Å². The van der Waals surface area contributed by atoms with Crippen LogP contribution >= 0.6 is 23.2 Å². The lowest BCUT2D eigenvalue weighted by Crippen LogP contribution is -2.36. The van der Waals surface area contributed by atoms with Gasteiger partial charge in [0.2, 0.25) is 5.43 Å². The van der Waals surface area contributed by atoms with Crippen molar-refractivity contribution in [3.63, 3.8) is 0 Å². The normalized spacial score (nSPS) is 15.0. The second-order valence-corrected chi connectivity index (χ2v) is 8.06. The molecule has 1 fully saturated rings. The van der Waals surface area contributed by atoms with E-state index in [-0.39, 0.29) is 22.6 Å². The molecule has 2 aromatic heterocycles. The van der Waals surface area contributed by atoms with Crippen LogP contribution in [0.25, 0.3) is 11.0 Å². The van der Waals surface area contributed by atoms with Crippen molar-refractivity contribution >= 4 is 39.9 Å². The Labute approximate surface area is 186 Å². The number of nitrogens with zero attached hydrogens (tertiary/aromatic N) is 3. The summed E-state index contributed by atoms with van der Waals surface area (Å²) in [7, 11) is 0. The van der Waals surface area contributed by atoms with E-state index in [4.69, 9.17) is 27.9 Å². The van der Waals surface area contributed by atoms with Gasteiger partial charge in [0.15, 0.2) is 0 Å². The van der Waals surface area contributed by atoms with E-state index in [1.54, 1.807) is 10.6 Å². The van der Waals surface area contributed by atoms with Crippen LogP contribution in [0.1, 0.15) is 16.7 Å². The predicted molar refractivity (Wildman–Crippen MR) is 114 cm³/mol. The van der Waals surface area contributed by atoms with Crippen LogP contribution in [0.5, 0.6) is 0 Å². The third-order valence-corrected chi connectivity index (χ3v) is 6.05. The van der Waals surface area contributed by atoms with E-state index in [1.807, 2.05) is 4.90 Å². The van der Waals surface area contributed by atoms with Gasteiger partial charge in [0.05, 0.1) is 41.2 Å². The summed E-state index contributed by atoms with van der Waals surface area (Å²) >= 11 is 12.8. The summed E-state index contributed by atoms with van der Waals surface area (Å²) in [5, 5.41) is 0.213. The highest BCUT2D eigenvalue weighted by Crippen LogP contribution is 2.35. The summed E-state index contributed by atoms with van der Waals surface area (Å²) in [5.41, 5.74) is 0.378. The van der Waals surface area contributed by atoms with Crippen molar-refractivity contribution in [2.75, 3.05) is 31.2 Å². The molecule has 1 aliphatic heterocycles. The van der Waals surface area contributed by atoms with Gasteiger partial charge >= 0.3 is 6.18 Å². The second kappa shape index (κ2) is 8.33. The molecule has 0 unspecified atom stereocenters. The summed E-state index contributed by atoms with van der Waals surface area (Å²) in [4.78, 5) is 18.9. The van der Waals surface area contributed by atoms with Gasteiger partial charge in [-0.15, -0.1) is 0 Å². The molecule has 1 saturated heterocycles. The number of rotatable bonds is 3. The largest absolute Gasteiger partial charge is 0.416 e. The lowest BCUT2D eigenvalue weighted by molar-refractivity contribution is -0.138. The van der Waals surface area contributed by atoms with E-state index >= 15 is 0 Å². The van der Waals surface area contributed by atoms with Gasteiger partial charge in [0, 0.05) is 25.8 Å². The molecule has 5 nitrogen and oxygen atoms in total. The number of anilines is 1. The van der Waals surface area contributed by atoms with Crippen molar-refractivity contribution in [1.82, 2.24) is 9.55 Å². The van der Waals surface area contributed by atoms with Crippen molar-refractivity contribution in [2.45, 2.75) is 19.6 Å². The van der Waals surface area contributed by atoms with Crippen LogP contribution in [0.4, 0.5) is 18.9 Å². The first-order chi connectivity index (χ1) is 14.7. The lowest BCUT2D eigenvalue weighted by Gasteiger charge is -2.29. The number of alkyl halides is 3. The lowest BCUT2D eigenvalue weighted by atomic mass is 10.0. The fourth-order valence-corrected chi connectivity index (χ4v) is 4.34. The smallest absolute Gasteiger partial charge is 0.378 e. The molecule has 0 aliphatic carbocycles. The maximum absolute atomic E-state index is 13.3. The molecule has 1 aromatic carbocycles. The van der Waals surface area contributed by atoms with E-state index in [1.165, 1.54) is 25.4 Å². The van der Waals surface area contributed by atoms with Crippen molar-refractivity contribution < 1.29 is 17.9 Å². The molecule has 0 bridgehead atoms. The predicted octanol–water partition coefficient (Wildman–Crippen LogP) is 4.92. The number of ether oxygens (including phenoxy) is 1. The summed E-state index contributed by atoms with van der Waals surface area (Å²) in [5.74, 6) is 0. The molecule has 1 aliphatic rings. The average Bonchev–Trinajstić information content (AvgIpc) is 2.73. The van der Waals surface area contributed by atoms with Gasteiger partial charge in [-0.1, -0.05) is 35.3 Å². The summed E-state index contributed by atoms with van der Waals surface area (Å²) in [6.07, 6.45) is -1.55. The van der Waals surface area contributed by atoms with Gasteiger partial charge in [-0.25, -0.2) is 4.98 Å². The standard InChI is InChI=1S/C21H18Cl2F3N3O2/c1-12-13(3-2-4-14(12)21(24,25)26)10-29-11-15(22)20(30)18-19(29)17(23)16(9-27-18)28-5-7-31-8-6-28/h2-4,9,11H,5-8,10H2,1H3. The van der Waals surface area contributed by atoms with Crippen LogP contribution in [0.3, 0.4) is 0 Å². The van der Waals surface area contributed by atoms with Crippen molar-refractivity contribution in [1.29, 1.82) is 0 Å². The average molecular weight is 472 g/mol. The van der Waals surface area contributed by atoms with Crippen molar-refractivity contribution in [3.8, 4) is 0 Å². The molecule has 0 saturated carbocycles. The number of benzene rings is 1. The van der Waals surface area contributed by atoms with E-state index in [0.717, 1.165) is 6.07 Å². The second-order valence-electron chi connectivity index (χ2n) is 7.28. The molecule has 3 aromatic rings. The van der Waals surface area contributed by atoms with Crippen molar-refractivity contribution in [2.24, 2.45) is 0 Å². The van der Waals surface area contributed by atoms with Crippen LogP contribution in [0.15, 0.2) is 35.4 Å². The highest BCUT2D eigenvalue weighted by molar-refractivity contribution is 6.38. The van der Waals surface area contributed by atoms with Gasteiger partial charge in [-0.05, 0) is 24.1 Å². The Kier molecular flexibility index (Phi) is 5.89. The molecule has 0 radical (unpaired) electrons. The van der Waals surface area contributed by atoms with Crippen LogP contribution in [-0.2, 0) is 17.5 Å². The van der Waals surface area contributed by atoms with Crippen LogP contribution < -0.4 is 10.3 Å². The van der Waals surface area contributed by atoms with Gasteiger partial charge in [0.1, 0.15) is 10.5 Å². The molecule has 0 amide bonds. The third-order valence-electron chi connectivity index (χ3n) is 5.41.